The molecule has 0 aliphatic rings. The second-order valence-corrected chi connectivity index (χ2v) is 6.54. The molecule has 130 valence electrons. The van der Waals surface area contributed by atoms with E-state index in [0.717, 1.165) is 28.9 Å². The average molecular weight is 350 g/mol. The van der Waals surface area contributed by atoms with E-state index < -0.39 is 0 Å². The molecule has 1 heterocycles. The third-order valence-corrected chi connectivity index (χ3v) is 4.65. The Kier molecular flexibility index (Phi) is 6.40. The molecule has 0 radical (unpaired) electrons. The highest BCUT2D eigenvalue weighted by atomic mass is 35.5. The van der Waals surface area contributed by atoms with Gasteiger partial charge in [-0.15, -0.1) is 0 Å². The van der Waals surface area contributed by atoms with Gasteiger partial charge in [0, 0.05) is 21.8 Å². The van der Waals surface area contributed by atoms with Crippen LogP contribution in [-0.2, 0) is 11.2 Å². The molecule has 0 fully saturated rings. The van der Waals surface area contributed by atoms with Gasteiger partial charge in [0.1, 0.15) is 0 Å². The van der Waals surface area contributed by atoms with Gasteiger partial charge in [-0.3, -0.25) is 9.89 Å². The zero-order chi connectivity index (χ0) is 17.7. The lowest BCUT2D eigenvalue weighted by Gasteiger charge is -2.22. The number of H-pyrrole nitrogens is 1. The first-order valence-electron chi connectivity index (χ1n) is 8.16. The quantitative estimate of drug-likeness (QED) is 0.718. The van der Waals surface area contributed by atoms with Crippen molar-refractivity contribution in [1.82, 2.24) is 15.5 Å². The first-order chi connectivity index (χ1) is 11.5. The van der Waals surface area contributed by atoms with Gasteiger partial charge in [0.25, 0.3) is 0 Å². The minimum atomic E-state index is -0.228. The maximum absolute atomic E-state index is 12.4. The van der Waals surface area contributed by atoms with Crippen molar-refractivity contribution in [3.05, 3.63) is 40.5 Å². The van der Waals surface area contributed by atoms with Gasteiger partial charge in [-0.05, 0) is 25.0 Å². The van der Waals surface area contributed by atoms with Crippen LogP contribution in [-0.4, -0.2) is 33.9 Å². The third kappa shape index (κ3) is 4.36. The van der Waals surface area contributed by atoms with E-state index in [1.54, 1.807) is 12.1 Å². The number of aliphatic hydroxyl groups is 1. The number of benzene rings is 1. The summed E-state index contributed by atoms with van der Waals surface area (Å²) in [6.45, 7) is 5.89. The van der Waals surface area contributed by atoms with Crippen LogP contribution in [0.2, 0.25) is 5.02 Å². The number of carbonyl (C=O) groups excluding carboxylic acids is 1. The first-order valence-corrected chi connectivity index (χ1v) is 8.54. The molecule has 2 aromatic rings. The molecule has 0 aliphatic carbocycles. The fraction of sp³-hybridized carbons (Fsp3) is 0.444. The Morgan fingerprint density at radius 2 is 2.04 bits per heavy atom. The Bertz CT molecular complexity index is 682. The predicted octanol–water partition coefficient (Wildman–Crippen LogP) is 3.10. The topological polar surface area (TPSA) is 78.0 Å². The van der Waals surface area contributed by atoms with E-state index in [1.807, 2.05) is 32.9 Å². The monoisotopic (exact) mass is 349 g/mol. The van der Waals surface area contributed by atoms with E-state index in [4.69, 9.17) is 11.6 Å². The fourth-order valence-corrected chi connectivity index (χ4v) is 2.71. The van der Waals surface area contributed by atoms with Crippen LogP contribution in [0.25, 0.3) is 11.3 Å². The Labute approximate surface area is 147 Å². The Balaban J connectivity index is 2.16. The van der Waals surface area contributed by atoms with Gasteiger partial charge in [-0.25, -0.2) is 0 Å². The van der Waals surface area contributed by atoms with Crippen LogP contribution in [0.15, 0.2) is 24.3 Å². The normalized spacial score (nSPS) is 13.5. The van der Waals surface area contributed by atoms with Gasteiger partial charge in [-0.2, -0.15) is 5.10 Å². The molecule has 24 heavy (non-hydrogen) atoms. The van der Waals surface area contributed by atoms with Crippen molar-refractivity contribution < 1.29 is 9.90 Å². The molecule has 2 atom stereocenters. The number of amides is 1. The smallest absolute Gasteiger partial charge is 0.224 e. The summed E-state index contributed by atoms with van der Waals surface area (Å²) in [5.41, 5.74) is 3.38. The number of halogens is 1. The van der Waals surface area contributed by atoms with Crippen molar-refractivity contribution in [3.63, 3.8) is 0 Å². The SMILES string of the molecule is CC[C@@H](C)[C@@H](CO)NC(=O)Cc1c(-c2ccc(Cl)cc2)n[nH]c1C. The summed E-state index contributed by atoms with van der Waals surface area (Å²) in [6.07, 6.45) is 1.11. The maximum atomic E-state index is 12.4. The number of rotatable bonds is 7. The molecular weight excluding hydrogens is 326 g/mol. The van der Waals surface area contributed by atoms with Crippen LogP contribution >= 0.6 is 11.6 Å². The minimum absolute atomic E-state index is 0.0604. The minimum Gasteiger partial charge on any atom is -0.394 e. The van der Waals surface area contributed by atoms with Crippen molar-refractivity contribution in [3.8, 4) is 11.3 Å². The average Bonchev–Trinajstić information content (AvgIpc) is 2.93. The van der Waals surface area contributed by atoms with E-state index in [9.17, 15) is 9.90 Å². The van der Waals surface area contributed by atoms with Crippen LogP contribution in [0.1, 0.15) is 31.5 Å². The summed E-state index contributed by atoms with van der Waals surface area (Å²) in [5, 5.41) is 20.3. The molecule has 5 nitrogen and oxygen atoms in total. The van der Waals surface area contributed by atoms with Gasteiger partial charge in [-0.1, -0.05) is 44.0 Å². The standard InChI is InChI=1S/C18H24ClN3O2/c1-4-11(2)16(10-23)20-17(24)9-15-12(3)21-22-18(15)13-5-7-14(19)8-6-13/h5-8,11,16,23H,4,9-10H2,1-3H3,(H,20,24)(H,21,22)/t11-,16-/m1/s1. The number of nitrogens with zero attached hydrogens (tertiary/aromatic N) is 1. The molecule has 6 heteroatoms. The molecule has 1 aromatic carbocycles. The van der Waals surface area contributed by atoms with E-state index in [-0.39, 0.29) is 30.9 Å². The van der Waals surface area contributed by atoms with Gasteiger partial charge in [0.2, 0.25) is 5.91 Å². The van der Waals surface area contributed by atoms with Crippen LogP contribution < -0.4 is 5.32 Å². The molecule has 0 spiro atoms. The molecule has 1 amide bonds. The number of aromatic amines is 1. The number of hydrogen-bond donors (Lipinski definition) is 3. The largest absolute Gasteiger partial charge is 0.394 e. The Morgan fingerprint density at radius 3 is 2.62 bits per heavy atom. The van der Waals surface area contributed by atoms with Crippen molar-refractivity contribution in [2.24, 2.45) is 5.92 Å². The number of aryl methyl sites for hydroxylation is 1. The first kappa shape index (κ1) is 18.5. The number of hydrogen-bond acceptors (Lipinski definition) is 3. The van der Waals surface area contributed by atoms with E-state index in [1.165, 1.54) is 0 Å². The summed E-state index contributed by atoms with van der Waals surface area (Å²) in [7, 11) is 0. The predicted molar refractivity (Wildman–Crippen MR) is 95.9 cm³/mol. The van der Waals surface area contributed by atoms with Crippen molar-refractivity contribution in [2.45, 2.75) is 39.7 Å². The molecule has 2 rings (SSSR count). The summed E-state index contributed by atoms with van der Waals surface area (Å²) >= 11 is 5.93. The van der Waals surface area contributed by atoms with Gasteiger partial charge >= 0.3 is 0 Å². The number of carbonyl (C=O) groups is 1. The second-order valence-electron chi connectivity index (χ2n) is 6.10. The zero-order valence-corrected chi connectivity index (χ0v) is 15.0. The molecule has 1 aromatic heterocycles. The molecule has 0 unspecified atom stereocenters. The molecule has 3 N–H and O–H groups in total. The fourth-order valence-electron chi connectivity index (χ4n) is 2.59. The molecule has 0 aliphatic heterocycles. The summed E-state index contributed by atoms with van der Waals surface area (Å²) in [6, 6.07) is 7.14. The number of nitrogens with one attached hydrogen (secondary N) is 2. The van der Waals surface area contributed by atoms with E-state index >= 15 is 0 Å². The highest BCUT2D eigenvalue weighted by molar-refractivity contribution is 6.30. The van der Waals surface area contributed by atoms with Gasteiger partial charge in [0.15, 0.2) is 0 Å². The van der Waals surface area contributed by atoms with Crippen LogP contribution in [0.5, 0.6) is 0 Å². The van der Waals surface area contributed by atoms with Crippen LogP contribution in [0, 0.1) is 12.8 Å². The summed E-state index contributed by atoms with van der Waals surface area (Å²) in [5.74, 6) is 0.106. The molecule has 0 bridgehead atoms. The third-order valence-electron chi connectivity index (χ3n) is 4.40. The van der Waals surface area contributed by atoms with E-state index in [2.05, 4.69) is 15.5 Å². The van der Waals surface area contributed by atoms with Crippen molar-refractivity contribution in [2.75, 3.05) is 6.61 Å². The lowest BCUT2D eigenvalue weighted by atomic mass is 9.99. The highest BCUT2D eigenvalue weighted by Crippen LogP contribution is 2.25. The van der Waals surface area contributed by atoms with Crippen LogP contribution in [0.3, 0.4) is 0 Å². The summed E-state index contributed by atoms with van der Waals surface area (Å²) < 4.78 is 0. The summed E-state index contributed by atoms with van der Waals surface area (Å²) in [4.78, 5) is 12.4. The molecule has 0 saturated carbocycles. The zero-order valence-electron chi connectivity index (χ0n) is 14.3. The van der Waals surface area contributed by atoms with Gasteiger partial charge in [0.05, 0.1) is 24.8 Å². The maximum Gasteiger partial charge on any atom is 0.224 e. The lowest BCUT2D eigenvalue weighted by Crippen LogP contribution is -2.42. The van der Waals surface area contributed by atoms with Gasteiger partial charge < -0.3 is 10.4 Å². The van der Waals surface area contributed by atoms with Crippen molar-refractivity contribution in [1.29, 1.82) is 0 Å². The van der Waals surface area contributed by atoms with E-state index in [0.29, 0.717) is 5.02 Å². The second kappa shape index (κ2) is 8.31. The molecular formula is C18H24ClN3O2. The Hall–Kier alpha value is -1.85. The van der Waals surface area contributed by atoms with Crippen molar-refractivity contribution >= 4 is 17.5 Å². The number of aromatic nitrogens is 2. The highest BCUT2D eigenvalue weighted by Gasteiger charge is 2.20. The lowest BCUT2D eigenvalue weighted by molar-refractivity contribution is -0.121. The Morgan fingerprint density at radius 1 is 1.38 bits per heavy atom. The molecule has 0 saturated heterocycles. The number of aliphatic hydroxyl groups excluding tert-OH is 1. The van der Waals surface area contributed by atoms with Crippen LogP contribution in [0.4, 0.5) is 0 Å².